The van der Waals surface area contributed by atoms with Gasteiger partial charge in [0.1, 0.15) is 0 Å². The molecule has 1 N–H and O–H groups in total. The molecule has 2 fully saturated rings. The maximum atomic E-state index is 12.5. The van der Waals surface area contributed by atoms with Crippen LogP contribution in [0.3, 0.4) is 0 Å². The van der Waals surface area contributed by atoms with E-state index in [0.29, 0.717) is 13.0 Å². The molecule has 1 saturated heterocycles. The molecule has 3 rings (SSSR count). The Bertz CT molecular complexity index is 609. The van der Waals surface area contributed by atoms with Crippen LogP contribution in [0, 0.1) is 11.3 Å². The monoisotopic (exact) mass is 298 g/mol. The van der Waals surface area contributed by atoms with Gasteiger partial charge in [-0.3, -0.25) is 19.9 Å². The molecule has 1 saturated carbocycles. The van der Waals surface area contributed by atoms with Crippen molar-refractivity contribution in [1.82, 2.24) is 5.32 Å². The number of aliphatic imine (C=N–C) groups is 1. The van der Waals surface area contributed by atoms with E-state index in [0.717, 1.165) is 37.0 Å². The number of imide groups is 1. The van der Waals surface area contributed by atoms with E-state index in [4.69, 9.17) is 4.99 Å². The number of carbonyl (C=O) groups is 2. The van der Waals surface area contributed by atoms with Crippen LogP contribution in [0.1, 0.15) is 44.6 Å². The summed E-state index contributed by atoms with van der Waals surface area (Å²) in [5, 5.41) is 2.56. The standard InChI is InChI=1S/C18H22N2O2/c1-13-11-18(17(22)20-16(13)21)10-6-5-9-15(18)19-12-14-7-3-2-4-8-14/h2-4,7-8,13H,5-6,9-12H2,1H3,(H,20,21,22)/t13-,18+/m0/s1. The van der Waals surface area contributed by atoms with Gasteiger partial charge in [0.25, 0.3) is 0 Å². The molecule has 0 unspecified atom stereocenters. The number of benzene rings is 1. The van der Waals surface area contributed by atoms with Gasteiger partial charge in [0.05, 0.1) is 12.0 Å². The summed E-state index contributed by atoms with van der Waals surface area (Å²) < 4.78 is 0. The molecule has 1 aliphatic heterocycles. The summed E-state index contributed by atoms with van der Waals surface area (Å²) in [6.07, 6.45) is 4.38. The highest BCUT2D eigenvalue weighted by Crippen LogP contribution is 2.42. The summed E-state index contributed by atoms with van der Waals surface area (Å²) >= 11 is 0. The molecule has 1 aromatic carbocycles. The van der Waals surface area contributed by atoms with Gasteiger partial charge in [0.2, 0.25) is 11.8 Å². The number of amides is 2. The van der Waals surface area contributed by atoms with Crippen molar-refractivity contribution < 1.29 is 9.59 Å². The van der Waals surface area contributed by atoms with Crippen LogP contribution in [0.25, 0.3) is 0 Å². The van der Waals surface area contributed by atoms with Crippen LogP contribution >= 0.6 is 0 Å². The Hall–Kier alpha value is -1.97. The van der Waals surface area contributed by atoms with E-state index >= 15 is 0 Å². The molecule has 1 heterocycles. The van der Waals surface area contributed by atoms with Crippen LogP contribution in [0.15, 0.2) is 35.3 Å². The van der Waals surface area contributed by atoms with Crippen LogP contribution in [-0.2, 0) is 16.1 Å². The van der Waals surface area contributed by atoms with Crippen molar-refractivity contribution in [1.29, 1.82) is 0 Å². The molecular formula is C18H22N2O2. The van der Waals surface area contributed by atoms with Gasteiger partial charge in [-0.1, -0.05) is 43.7 Å². The van der Waals surface area contributed by atoms with E-state index in [1.54, 1.807) is 0 Å². The van der Waals surface area contributed by atoms with E-state index in [9.17, 15) is 9.59 Å². The Morgan fingerprint density at radius 1 is 1.23 bits per heavy atom. The highest BCUT2D eigenvalue weighted by molar-refractivity contribution is 6.15. The van der Waals surface area contributed by atoms with E-state index in [2.05, 4.69) is 5.32 Å². The molecule has 2 atom stereocenters. The van der Waals surface area contributed by atoms with Crippen LogP contribution in [-0.4, -0.2) is 17.5 Å². The summed E-state index contributed by atoms with van der Waals surface area (Å²) in [6.45, 7) is 2.50. The topological polar surface area (TPSA) is 58.5 Å². The summed E-state index contributed by atoms with van der Waals surface area (Å²) in [5.74, 6) is -0.413. The summed E-state index contributed by atoms with van der Waals surface area (Å²) in [7, 11) is 0. The first-order valence-corrected chi connectivity index (χ1v) is 8.05. The zero-order valence-corrected chi connectivity index (χ0v) is 13.0. The van der Waals surface area contributed by atoms with E-state index < -0.39 is 5.41 Å². The van der Waals surface area contributed by atoms with E-state index in [1.807, 2.05) is 37.3 Å². The van der Waals surface area contributed by atoms with Gasteiger partial charge < -0.3 is 0 Å². The molecule has 0 bridgehead atoms. The third-order valence-corrected chi connectivity index (χ3v) is 4.89. The van der Waals surface area contributed by atoms with Crippen molar-refractivity contribution in [2.45, 2.75) is 45.6 Å². The summed E-state index contributed by atoms with van der Waals surface area (Å²) in [4.78, 5) is 29.1. The fourth-order valence-electron chi connectivity index (χ4n) is 3.63. The molecule has 116 valence electrons. The van der Waals surface area contributed by atoms with Crippen LogP contribution < -0.4 is 5.32 Å². The van der Waals surface area contributed by atoms with Gasteiger partial charge in [-0.05, 0) is 31.2 Å². The Labute approximate surface area is 131 Å². The smallest absolute Gasteiger partial charge is 0.238 e. The highest BCUT2D eigenvalue weighted by atomic mass is 16.2. The first-order valence-electron chi connectivity index (χ1n) is 8.05. The van der Waals surface area contributed by atoms with Crippen molar-refractivity contribution >= 4 is 17.5 Å². The molecule has 4 nitrogen and oxygen atoms in total. The van der Waals surface area contributed by atoms with Crippen LogP contribution in [0.5, 0.6) is 0 Å². The van der Waals surface area contributed by atoms with E-state index in [-0.39, 0.29) is 17.7 Å². The lowest BCUT2D eigenvalue weighted by Gasteiger charge is -2.41. The maximum absolute atomic E-state index is 12.5. The number of piperidine rings is 1. The lowest BCUT2D eigenvalue weighted by atomic mass is 9.65. The minimum Gasteiger partial charge on any atom is -0.295 e. The number of nitrogens with zero attached hydrogens (tertiary/aromatic N) is 1. The molecule has 0 aromatic heterocycles. The third-order valence-electron chi connectivity index (χ3n) is 4.89. The number of hydrogen-bond acceptors (Lipinski definition) is 3. The Morgan fingerprint density at radius 2 is 2.00 bits per heavy atom. The molecule has 1 aliphatic carbocycles. The lowest BCUT2D eigenvalue weighted by Crippen LogP contribution is -2.56. The molecule has 2 amide bonds. The number of rotatable bonds is 2. The van der Waals surface area contributed by atoms with Gasteiger partial charge >= 0.3 is 0 Å². The largest absolute Gasteiger partial charge is 0.295 e. The predicted molar refractivity (Wildman–Crippen MR) is 85.4 cm³/mol. The average Bonchev–Trinajstić information content (AvgIpc) is 2.53. The van der Waals surface area contributed by atoms with Gasteiger partial charge in [-0.25, -0.2) is 0 Å². The van der Waals surface area contributed by atoms with Gasteiger partial charge in [-0.2, -0.15) is 0 Å². The molecule has 1 aromatic rings. The molecule has 2 aliphatic rings. The minimum atomic E-state index is -0.555. The van der Waals surface area contributed by atoms with Crippen LogP contribution in [0.4, 0.5) is 0 Å². The Kier molecular flexibility index (Phi) is 4.10. The number of carbonyl (C=O) groups excluding carboxylic acids is 2. The maximum Gasteiger partial charge on any atom is 0.238 e. The fraction of sp³-hybridized carbons (Fsp3) is 0.500. The fourth-order valence-corrected chi connectivity index (χ4v) is 3.63. The van der Waals surface area contributed by atoms with Crippen LogP contribution in [0.2, 0.25) is 0 Å². The Morgan fingerprint density at radius 3 is 2.77 bits per heavy atom. The second-order valence-corrected chi connectivity index (χ2v) is 6.46. The quantitative estimate of drug-likeness (QED) is 0.854. The second kappa shape index (κ2) is 6.03. The second-order valence-electron chi connectivity index (χ2n) is 6.46. The number of hydrogen-bond donors (Lipinski definition) is 1. The van der Waals surface area contributed by atoms with Gasteiger partial charge in [0.15, 0.2) is 0 Å². The SMILES string of the molecule is C[C@H]1C[C@@]2(CCCCC2=NCc2ccccc2)C(=O)NC1=O. The highest BCUT2D eigenvalue weighted by Gasteiger charge is 2.49. The first-order chi connectivity index (χ1) is 10.6. The predicted octanol–water partition coefficient (Wildman–Crippen LogP) is 2.87. The number of nitrogens with one attached hydrogen (secondary N) is 1. The zero-order chi connectivity index (χ0) is 15.6. The Balaban J connectivity index is 1.87. The molecular weight excluding hydrogens is 276 g/mol. The van der Waals surface area contributed by atoms with Crippen molar-refractivity contribution in [3.63, 3.8) is 0 Å². The first kappa shape index (κ1) is 14.9. The third kappa shape index (κ3) is 2.70. The zero-order valence-electron chi connectivity index (χ0n) is 13.0. The van der Waals surface area contributed by atoms with Gasteiger partial charge in [-0.15, -0.1) is 0 Å². The van der Waals surface area contributed by atoms with E-state index in [1.165, 1.54) is 0 Å². The summed E-state index contributed by atoms with van der Waals surface area (Å²) in [5.41, 5.74) is 1.58. The molecule has 22 heavy (non-hydrogen) atoms. The van der Waals surface area contributed by atoms with Crippen molar-refractivity contribution in [3.8, 4) is 0 Å². The average molecular weight is 298 g/mol. The molecule has 0 radical (unpaired) electrons. The summed E-state index contributed by atoms with van der Waals surface area (Å²) in [6, 6.07) is 10.1. The van der Waals surface area contributed by atoms with Crippen molar-refractivity contribution in [2.24, 2.45) is 16.3 Å². The molecule has 1 spiro atoms. The van der Waals surface area contributed by atoms with Crippen molar-refractivity contribution in [2.75, 3.05) is 0 Å². The lowest BCUT2D eigenvalue weighted by molar-refractivity contribution is -0.142. The van der Waals surface area contributed by atoms with Crippen molar-refractivity contribution in [3.05, 3.63) is 35.9 Å². The normalized spacial score (nSPS) is 30.6. The van der Waals surface area contributed by atoms with Gasteiger partial charge in [0, 0.05) is 11.6 Å². The molecule has 4 heteroatoms. The minimum absolute atomic E-state index is 0.127.